The van der Waals surface area contributed by atoms with E-state index in [1.54, 1.807) is 6.08 Å². The van der Waals surface area contributed by atoms with Crippen LogP contribution in [-0.2, 0) is 11.4 Å². The van der Waals surface area contributed by atoms with Gasteiger partial charge in [0.2, 0.25) is 0 Å². The van der Waals surface area contributed by atoms with Crippen molar-refractivity contribution in [2.24, 2.45) is 0 Å². The summed E-state index contributed by atoms with van der Waals surface area (Å²) in [5.74, 6) is -0.303. The van der Waals surface area contributed by atoms with Crippen LogP contribution < -0.4 is 4.74 Å². The Labute approximate surface area is 126 Å². The molecular weight excluding hydrogens is 296 g/mol. The van der Waals surface area contributed by atoms with Crippen LogP contribution in [0.25, 0.3) is 6.08 Å². The molecule has 1 heterocycles. The van der Waals surface area contributed by atoms with E-state index < -0.39 is 5.97 Å². The summed E-state index contributed by atoms with van der Waals surface area (Å²) in [5.41, 5.74) is 1.94. The number of aryl methyl sites for hydroxylation is 1. The van der Waals surface area contributed by atoms with Gasteiger partial charge in [0.1, 0.15) is 12.4 Å². The molecule has 2 rings (SSSR count). The Morgan fingerprint density at radius 3 is 3.00 bits per heavy atom. The Kier molecular flexibility index (Phi) is 4.82. The molecule has 0 saturated carbocycles. The van der Waals surface area contributed by atoms with E-state index in [-0.39, 0.29) is 0 Å². The summed E-state index contributed by atoms with van der Waals surface area (Å²) >= 11 is 7.57. The molecule has 0 radical (unpaired) electrons. The first-order valence-electron chi connectivity index (χ1n) is 5.92. The predicted molar refractivity (Wildman–Crippen MR) is 81.5 cm³/mol. The molecule has 104 valence electrons. The highest BCUT2D eigenvalue weighted by atomic mass is 35.5. The van der Waals surface area contributed by atoms with Gasteiger partial charge < -0.3 is 9.84 Å². The number of hydrogen-bond donors (Lipinski definition) is 1. The highest BCUT2D eigenvalue weighted by molar-refractivity contribution is 7.10. The van der Waals surface area contributed by atoms with Crippen LogP contribution in [0.5, 0.6) is 5.75 Å². The second-order valence-electron chi connectivity index (χ2n) is 4.24. The van der Waals surface area contributed by atoms with Gasteiger partial charge in [0.25, 0.3) is 0 Å². The maximum absolute atomic E-state index is 10.4. The standard InChI is InChI=1S/C15H13ClO3S/c1-10-2-4-13(16)14(6-10)19-8-12-7-11(9-20-12)3-5-15(17)18/h2-7,9H,8H2,1H3,(H,17,18). The van der Waals surface area contributed by atoms with Crippen LogP contribution in [0.4, 0.5) is 0 Å². The number of rotatable bonds is 5. The van der Waals surface area contributed by atoms with Crippen LogP contribution in [0.15, 0.2) is 35.7 Å². The average molecular weight is 309 g/mol. The molecule has 0 unspecified atom stereocenters. The van der Waals surface area contributed by atoms with Crippen molar-refractivity contribution >= 4 is 35.0 Å². The number of carboxylic acid groups (broad SMARTS) is 1. The third-order valence-electron chi connectivity index (χ3n) is 2.55. The van der Waals surface area contributed by atoms with E-state index >= 15 is 0 Å². The van der Waals surface area contributed by atoms with Crippen LogP contribution in [0, 0.1) is 6.92 Å². The number of halogens is 1. The molecule has 0 saturated heterocycles. The van der Waals surface area contributed by atoms with Crippen LogP contribution >= 0.6 is 22.9 Å². The topological polar surface area (TPSA) is 46.5 Å². The minimum absolute atomic E-state index is 0.411. The zero-order valence-corrected chi connectivity index (χ0v) is 12.4. The van der Waals surface area contributed by atoms with Gasteiger partial charge in [0, 0.05) is 11.0 Å². The fourth-order valence-corrected chi connectivity index (χ4v) is 2.54. The summed E-state index contributed by atoms with van der Waals surface area (Å²) in [7, 11) is 0. The van der Waals surface area contributed by atoms with Crippen molar-refractivity contribution in [1.82, 2.24) is 0 Å². The Hall–Kier alpha value is -1.78. The van der Waals surface area contributed by atoms with Gasteiger partial charge in [-0.25, -0.2) is 4.79 Å². The Balaban J connectivity index is 2.01. The molecule has 1 aromatic heterocycles. The highest BCUT2D eigenvalue weighted by Crippen LogP contribution is 2.27. The van der Waals surface area contributed by atoms with Crippen LogP contribution in [0.3, 0.4) is 0 Å². The van der Waals surface area contributed by atoms with Gasteiger partial charge in [-0.15, -0.1) is 11.3 Å². The van der Waals surface area contributed by atoms with Crippen molar-refractivity contribution in [3.8, 4) is 5.75 Å². The summed E-state index contributed by atoms with van der Waals surface area (Å²) in [6, 6.07) is 7.52. The Bertz CT molecular complexity index is 646. The molecule has 1 N–H and O–H groups in total. The smallest absolute Gasteiger partial charge is 0.328 e. The molecule has 0 aliphatic carbocycles. The van der Waals surface area contributed by atoms with Gasteiger partial charge in [-0.2, -0.15) is 0 Å². The van der Waals surface area contributed by atoms with Gasteiger partial charge in [0.15, 0.2) is 0 Å². The maximum atomic E-state index is 10.4. The minimum Gasteiger partial charge on any atom is -0.486 e. The van der Waals surface area contributed by atoms with E-state index in [0.717, 1.165) is 22.1 Å². The van der Waals surface area contributed by atoms with Crippen molar-refractivity contribution in [3.05, 3.63) is 56.7 Å². The lowest BCUT2D eigenvalue weighted by Gasteiger charge is -2.07. The number of thiophene rings is 1. The molecule has 3 nitrogen and oxygen atoms in total. The van der Waals surface area contributed by atoms with E-state index in [1.165, 1.54) is 11.3 Å². The average Bonchev–Trinajstić information content (AvgIpc) is 2.85. The molecule has 20 heavy (non-hydrogen) atoms. The van der Waals surface area contributed by atoms with E-state index in [9.17, 15) is 4.79 Å². The van der Waals surface area contributed by atoms with Crippen molar-refractivity contribution < 1.29 is 14.6 Å². The molecule has 1 aromatic carbocycles. The summed E-state index contributed by atoms with van der Waals surface area (Å²) in [6.07, 6.45) is 2.67. The van der Waals surface area contributed by atoms with Gasteiger partial charge in [-0.3, -0.25) is 0 Å². The van der Waals surface area contributed by atoms with Gasteiger partial charge in [0.05, 0.1) is 5.02 Å². The summed E-state index contributed by atoms with van der Waals surface area (Å²) < 4.78 is 5.68. The number of hydrogen-bond acceptors (Lipinski definition) is 3. The van der Waals surface area contributed by atoms with Crippen LogP contribution in [0.1, 0.15) is 16.0 Å². The first-order valence-corrected chi connectivity index (χ1v) is 7.18. The van der Waals surface area contributed by atoms with E-state index in [1.807, 2.05) is 36.6 Å². The lowest BCUT2D eigenvalue weighted by atomic mass is 10.2. The molecule has 0 bridgehead atoms. The fourth-order valence-electron chi connectivity index (χ4n) is 1.60. The monoisotopic (exact) mass is 308 g/mol. The van der Waals surface area contributed by atoms with E-state index in [4.69, 9.17) is 21.4 Å². The normalized spacial score (nSPS) is 10.9. The first-order chi connectivity index (χ1) is 9.54. The fraction of sp³-hybridized carbons (Fsp3) is 0.133. The molecule has 0 fully saturated rings. The summed E-state index contributed by atoms with van der Waals surface area (Å²) in [4.78, 5) is 11.4. The molecule has 0 atom stereocenters. The molecule has 0 aliphatic heterocycles. The molecule has 5 heteroatoms. The SMILES string of the molecule is Cc1ccc(Cl)c(OCc2cc(C=CC(=O)O)cs2)c1. The number of aliphatic carboxylic acids is 1. The third-order valence-corrected chi connectivity index (χ3v) is 3.79. The maximum Gasteiger partial charge on any atom is 0.328 e. The van der Waals surface area contributed by atoms with Gasteiger partial charge >= 0.3 is 5.97 Å². The molecule has 0 spiro atoms. The highest BCUT2D eigenvalue weighted by Gasteiger charge is 2.04. The molecule has 0 amide bonds. The first kappa shape index (κ1) is 14.6. The van der Waals surface area contributed by atoms with Crippen LogP contribution in [0.2, 0.25) is 5.02 Å². The summed E-state index contributed by atoms with van der Waals surface area (Å²) in [5, 5.41) is 11.0. The third kappa shape index (κ3) is 4.11. The molecular formula is C15H13ClO3S. The van der Waals surface area contributed by atoms with E-state index in [0.29, 0.717) is 17.4 Å². The Morgan fingerprint density at radius 2 is 2.25 bits per heavy atom. The predicted octanol–water partition coefficient (Wildman–Crippen LogP) is 4.39. The minimum atomic E-state index is -0.958. The quantitative estimate of drug-likeness (QED) is 0.833. The second-order valence-corrected chi connectivity index (χ2v) is 5.64. The van der Waals surface area contributed by atoms with Crippen molar-refractivity contribution in [2.75, 3.05) is 0 Å². The zero-order chi connectivity index (χ0) is 14.5. The molecule has 2 aromatic rings. The largest absolute Gasteiger partial charge is 0.486 e. The second kappa shape index (κ2) is 6.59. The number of ether oxygens (including phenoxy) is 1. The number of benzene rings is 1. The number of carboxylic acids is 1. The number of carbonyl (C=O) groups is 1. The van der Waals surface area contributed by atoms with Crippen molar-refractivity contribution in [2.45, 2.75) is 13.5 Å². The lowest BCUT2D eigenvalue weighted by Crippen LogP contribution is -1.94. The van der Waals surface area contributed by atoms with Gasteiger partial charge in [-0.05, 0) is 47.7 Å². The van der Waals surface area contributed by atoms with Crippen LogP contribution in [-0.4, -0.2) is 11.1 Å². The van der Waals surface area contributed by atoms with Crippen molar-refractivity contribution in [3.63, 3.8) is 0 Å². The van der Waals surface area contributed by atoms with Gasteiger partial charge in [-0.1, -0.05) is 17.7 Å². The van der Waals surface area contributed by atoms with Crippen molar-refractivity contribution in [1.29, 1.82) is 0 Å². The lowest BCUT2D eigenvalue weighted by molar-refractivity contribution is -0.131. The van der Waals surface area contributed by atoms with E-state index in [2.05, 4.69) is 0 Å². The molecule has 0 aliphatic rings. The Morgan fingerprint density at radius 1 is 1.45 bits per heavy atom. The summed E-state index contributed by atoms with van der Waals surface area (Å²) in [6.45, 7) is 2.39. The zero-order valence-electron chi connectivity index (χ0n) is 10.8.